The minimum atomic E-state index is -0.975. The maximum Gasteiger partial charge on any atom is 0.379 e. The van der Waals surface area contributed by atoms with Crippen molar-refractivity contribution in [3.8, 4) is 46.0 Å². The van der Waals surface area contributed by atoms with Crippen LogP contribution in [0.15, 0.2) is 261 Å². The highest BCUT2D eigenvalue weighted by molar-refractivity contribution is 5.91. The molecule has 0 fully saturated rings. The first-order chi connectivity index (χ1) is 46.9. The van der Waals surface area contributed by atoms with Gasteiger partial charge in [0.1, 0.15) is 46.0 Å². The summed E-state index contributed by atoms with van der Waals surface area (Å²) in [5.41, 5.74) is 5.90. The van der Waals surface area contributed by atoms with Gasteiger partial charge >= 0.3 is 23.9 Å². The minimum absolute atomic E-state index is 0.105. The summed E-state index contributed by atoms with van der Waals surface area (Å²) in [5.74, 6) is -9.96. The highest BCUT2D eigenvalue weighted by Crippen LogP contribution is 2.53. The predicted molar refractivity (Wildman–Crippen MR) is 354 cm³/mol. The maximum absolute atomic E-state index is 14.6. The van der Waals surface area contributed by atoms with E-state index in [2.05, 4.69) is 0 Å². The highest BCUT2D eigenvalue weighted by Gasteiger charge is 2.37. The standard InChI is InChI=1S/C80H64O16/c81-65-45-66(82)58-41-57(65)53(33-29-49-17-5-1-6-18-49)61-43-62(74(94-78(86)70-26-14-38-90-70)47-73(61)93-77(85)69-25-13-37-89-69)55(35-31-51-21-9-3-10-22-51)59-42-60(68(84)46-67(59)83)56(36-32-52-23-11-4-12-24-52)64-44-63(54(58)34-30-50-19-7-2-8-20-50)75(95-79(87)71-27-15-39-91-71)48-76(64)96-80(88)72-28-16-40-92-72/h1-28,37-48,53-56,81-84H,29-36H2. The second kappa shape index (κ2) is 28.4. The van der Waals surface area contributed by atoms with Crippen LogP contribution in [0.3, 0.4) is 0 Å². The lowest BCUT2D eigenvalue weighted by Crippen LogP contribution is -2.18. The quantitative estimate of drug-likeness (QED) is 0.0410. The first-order valence-electron chi connectivity index (χ1n) is 31.5. The van der Waals surface area contributed by atoms with E-state index >= 15 is 0 Å². The normalized spacial score (nSPS) is 14.9. The van der Waals surface area contributed by atoms with Crippen molar-refractivity contribution in [3.63, 3.8) is 0 Å². The highest BCUT2D eigenvalue weighted by atomic mass is 16.6. The van der Waals surface area contributed by atoms with Gasteiger partial charge in [-0.1, -0.05) is 121 Å². The number of furan rings is 4. The van der Waals surface area contributed by atoms with E-state index in [1.54, 1.807) is 24.3 Å². The molecule has 16 heteroatoms. The Hall–Kier alpha value is -12.0. The summed E-state index contributed by atoms with van der Waals surface area (Å²) in [4.78, 5) is 58.2. The molecule has 0 amide bonds. The summed E-state index contributed by atoms with van der Waals surface area (Å²) in [7, 11) is 0. The van der Waals surface area contributed by atoms with Gasteiger partial charge in [-0.2, -0.15) is 0 Å². The molecule has 0 saturated carbocycles. The first kappa shape index (κ1) is 62.8. The molecule has 13 rings (SSSR count). The Balaban J connectivity index is 1.15. The van der Waals surface area contributed by atoms with Crippen molar-refractivity contribution in [2.24, 2.45) is 0 Å². The zero-order valence-corrected chi connectivity index (χ0v) is 51.7. The molecule has 1 aliphatic rings. The Morgan fingerprint density at radius 3 is 0.698 bits per heavy atom. The van der Waals surface area contributed by atoms with Gasteiger partial charge in [-0.25, -0.2) is 19.2 Å². The first-order valence-corrected chi connectivity index (χ1v) is 31.5. The van der Waals surface area contributed by atoms with E-state index in [-0.39, 0.29) is 117 Å². The number of aryl methyl sites for hydroxylation is 4. The number of hydrogen-bond donors (Lipinski definition) is 4. The molecule has 0 aliphatic heterocycles. The number of aromatic hydroxyl groups is 4. The van der Waals surface area contributed by atoms with Gasteiger partial charge in [0, 0.05) is 92.4 Å². The van der Waals surface area contributed by atoms with Crippen molar-refractivity contribution in [1.82, 2.24) is 0 Å². The molecule has 12 aromatic rings. The lowest BCUT2D eigenvalue weighted by molar-refractivity contribution is 0.0678. The van der Waals surface area contributed by atoms with E-state index in [4.69, 9.17) is 36.6 Å². The zero-order chi connectivity index (χ0) is 66.1. The fraction of sp³-hybridized carbons (Fsp3) is 0.150. The average molecular weight is 1280 g/mol. The van der Waals surface area contributed by atoms with Crippen LogP contribution in [0.1, 0.15) is 158 Å². The number of carbonyl (C=O) groups is 4. The predicted octanol–water partition coefficient (Wildman–Crippen LogP) is 17.1. The van der Waals surface area contributed by atoms with Crippen LogP contribution in [0.4, 0.5) is 0 Å². The van der Waals surface area contributed by atoms with E-state index in [1.807, 2.05) is 121 Å². The van der Waals surface area contributed by atoms with Crippen LogP contribution in [0, 0.1) is 0 Å². The second-order valence-corrected chi connectivity index (χ2v) is 23.6. The van der Waals surface area contributed by atoms with E-state index in [1.165, 1.54) is 97.8 Å². The van der Waals surface area contributed by atoms with Crippen molar-refractivity contribution in [2.45, 2.75) is 75.0 Å². The molecule has 8 aromatic carbocycles. The van der Waals surface area contributed by atoms with Crippen LogP contribution < -0.4 is 18.9 Å². The number of hydrogen-bond acceptors (Lipinski definition) is 16. The summed E-state index contributed by atoms with van der Waals surface area (Å²) in [6, 6.07) is 62.8. The van der Waals surface area contributed by atoms with Gasteiger partial charge in [-0.05, 0) is 146 Å². The van der Waals surface area contributed by atoms with Crippen molar-refractivity contribution in [2.75, 3.05) is 0 Å². The average Bonchev–Trinajstić information content (AvgIpc) is 0.804. The molecule has 1 aliphatic carbocycles. The van der Waals surface area contributed by atoms with E-state index in [0.717, 1.165) is 22.3 Å². The number of rotatable bonds is 20. The summed E-state index contributed by atoms with van der Waals surface area (Å²) in [5, 5.41) is 51.2. The van der Waals surface area contributed by atoms with Gasteiger partial charge in [0.15, 0.2) is 0 Å². The molecule has 4 N–H and O–H groups in total. The van der Waals surface area contributed by atoms with Gasteiger partial charge in [0.05, 0.1) is 25.1 Å². The zero-order valence-electron chi connectivity index (χ0n) is 51.7. The molecule has 16 nitrogen and oxygen atoms in total. The molecule has 4 unspecified atom stereocenters. The molecule has 4 aromatic heterocycles. The van der Waals surface area contributed by atoms with Crippen molar-refractivity contribution in [1.29, 1.82) is 0 Å². The van der Waals surface area contributed by atoms with E-state index in [9.17, 15) is 39.6 Å². The Morgan fingerprint density at radius 1 is 0.271 bits per heavy atom. The molecule has 4 heterocycles. The van der Waals surface area contributed by atoms with Crippen LogP contribution in [0.5, 0.6) is 46.0 Å². The number of fused-ring (bicyclic) bond motifs is 8. The number of benzene rings is 8. The fourth-order valence-corrected chi connectivity index (χ4v) is 12.9. The summed E-state index contributed by atoms with van der Waals surface area (Å²) >= 11 is 0. The molecule has 0 radical (unpaired) electrons. The number of phenolic OH excluding ortho intramolecular Hbond substituents is 4. The lowest BCUT2D eigenvalue weighted by Gasteiger charge is -2.30. The molecular formula is C80H64O16. The van der Waals surface area contributed by atoms with Crippen molar-refractivity contribution >= 4 is 23.9 Å². The maximum atomic E-state index is 14.6. The largest absolute Gasteiger partial charge is 0.508 e. The fourth-order valence-electron chi connectivity index (χ4n) is 12.9. The van der Waals surface area contributed by atoms with Crippen LogP contribution >= 0.6 is 0 Å². The molecule has 4 atom stereocenters. The number of ether oxygens (including phenoxy) is 4. The number of phenols is 4. The molecular weight excluding hydrogens is 1220 g/mol. The third kappa shape index (κ3) is 14.0. The van der Waals surface area contributed by atoms with Crippen LogP contribution in [-0.4, -0.2) is 44.3 Å². The SMILES string of the molecule is O=C(Oc1cc(OC(=O)c2ccco2)c2cc1C(CCc1ccccc1)c1cc(c(O)cc1O)C(CCc1ccccc1)c1cc(c(OC(=O)c3ccco3)cc1OC(=O)c1ccco1)C(CCc1ccccc1)c1cc(c(O)cc1O)C2CCc1ccccc1)c1ccco1. The molecule has 0 spiro atoms. The molecule has 0 saturated heterocycles. The lowest BCUT2D eigenvalue weighted by atomic mass is 9.76. The van der Waals surface area contributed by atoms with Crippen molar-refractivity contribution < 1.29 is 76.2 Å². The van der Waals surface area contributed by atoms with Crippen LogP contribution in [0.2, 0.25) is 0 Å². The topological polar surface area (TPSA) is 239 Å². The summed E-state index contributed by atoms with van der Waals surface area (Å²) < 4.78 is 48.2. The third-order valence-electron chi connectivity index (χ3n) is 17.6. The second-order valence-electron chi connectivity index (χ2n) is 23.6. The van der Waals surface area contributed by atoms with Gasteiger partial charge in [0.25, 0.3) is 0 Å². The van der Waals surface area contributed by atoms with Gasteiger partial charge in [-0.15, -0.1) is 0 Å². The monoisotopic (exact) mass is 1280 g/mol. The van der Waals surface area contributed by atoms with Gasteiger partial charge in [0.2, 0.25) is 23.0 Å². The molecule has 96 heavy (non-hydrogen) atoms. The Labute approximate surface area is 551 Å². The molecule has 8 bridgehead atoms. The summed E-state index contributed by atoms with van der Waals surface area (Å²) in [6.07, 6.45) is 7.58. The minimum Gasteiger partial charge on any atom is -0.508 e. The van der Waals surface area contributed by atoms with E-state index < -0.39 is 47.5 Å². The van der Waals surface area contributed by atoms with E-state index in [0.29, 0.717) is 47.9 Å². The van der Waals surface area contributed by atoms with Crippen LogP contribution in [-0.2, 0) is 25.7 Å². The third-order valence-corrected chi connectivity index (χ3v) is 17.6. The van der Waals surface area contributed by atoms with Gasteiger partial charge < -0.3 is 57.0 Å². The Morgan fingerprint density at radius 2 is 0.490 bits per heavy atom. The Bertz CT molecular complexity index is 4080. The number of esters is 4. The smallest absolute Gasteiger partial charge is 0.379 e. The number of carbonyl (C=O) groups excluding carboxylic acids is 4. The van der Waals surface area contributed by atoms with Crippen LogP contribution in [0.25, 0.3) is 0 Å². The Kier molecular flexibility index (Phi) is 18.6. The van der Waals surface area contributed by atoms with Gasteiger partial charge in [-0.3, -0.25) is 0 Å². The summed E-state index contributed by atoms with van der Waals surface area (Å²) in [6.45, 7) is 0. The van der Waals surface area contributed by atoms with Crippen molar-refractivity contribution in [3.05, 3.63) is 333 Å². The molecule has 480 valence electrons.